The van der Waals surface area contributed by atoms with Crippen molar-refractivity contribution >= 4 is 5.91 Å². The Morgan fingerprint density at radius 2 is 1.95 bits per heavy atom. The molecule has 2 N–H and O–H groups in total. The van der Waals surface area contributed by atoms with Crippen molar-refractivity contribution in [2.24, 2.45) is 23.0 Å². The lowest BCUT2D eigenvalue weighted by molar-refractivity contribution is -0.143. The molecule has 3 atom stereocenters. The summed E-state index contributed by atoms with van der Waals surface area (Å²) in [5.74, 6) is 1.96. The summed E-state index contributed by atoms with van der Waals surface area (Å²) in [5, 5.41) is 0. The predicted octanol–water partition coefficient (Wildman–Crippen LogP) is 2.93. The molecule has 2 saturated carbocycles. The number of carbonyl (C=O) groups excluding carboxylic acids is 1. The maximum atomic E-state index is 12.8. The van der Waals surface area contributed by atoms with Crippen LogP contribution >= 0.6 is 0 Å². The second-order valence-electron chi connectivity index (χ2n) is 7.60. The van der Waals surface area contributed by atoms with Gasteiger partial charge in [0, 0.05) is 19.0 Å². The number of fused-ring (bicyclic) bond motifs is 1. The van der Waals surface area contributed by atoms with Crippen LogP contribution < -0.4 is 5.73 Å². The molecule has 114 valence electrons. The molecule has 0 aromatic carbocycles. The number of nitrogens with zero attached hydrogens (tertiary/aromatic N) is 1. The highest BCUT2D eigenvalue weighted by Gasteiger charge is 2.43. The molecule has 0 spiro atoms. The second kappa shape index (κ2) is 5.67. The average molecular weight is 278 g/mol. The van der Waals surface area contributed by atoms with Gasteiger partial charge in [-0.2, -0.15) is 0 Å². The largest absolute Gasteiger partial charge is 0.339 e. The zero-order valence-corrected chi connectivity index (χ0v) is 12.9. The third kappa shape index (κ3) is 2.49. The van der Waals surface area contributed by atoms with Crippen LogP contribution in [0.25, 0.3) is 0 Å². The smallest absolute Gasteiger partial charge is 0.223 e. The first-order valence-corrected chi connectivity index (χ1v) is 8.65. The van der Waals surface area contributed by atoms with Gasteiger partial charge in [-0.3, -0.25) is 4.79 Å². The Kier molecular flexibility index (Phi) is 4.07. The molecular formula is C17H30N2O. The van der Waals surface area contributed by atoms with Crippen molar-refractivity contribution < 1.29 is 4.79 Å². The third-order valence-electron chi connectivity index (χ3n) is 6.43. The van der Waals surface area contributed by atoms with E-state index in [2.05, 4.69) is 11.8 Å². The van der Waals surface area contributed by atoms with E-state index in [9.17, 15) is 4.79 Å². The minimum Gasteiger partial charge on any atom is -0.339 e. The Morgan fingerprint density at radius 3 is 2.60 bits per heavy atom. The number of piperidine rings is 1. The maximum Gasteiger partial charge on any atom is 0.223 e. The molecule has 3 unspecified atom stereocenters. The summed E-state index contributed by atoms with van der Waals surface area (Å²) in [6, 6.07) is 0.537. The average Bonchev–Trinajstić information content (AvgIpc) is 2.43. The minimum atomic E-state index is 0.157. The summed E-state index contributed by atoms with van der Waals surface area (Å²) in [6.45, 7) is 4.07. The van der Waals surface area contributed by atoms with E-state index in [-0.39, 0.29) is 5.41 Å². The molecule has 1 saturated heterocycles. The molecule has 3 aliphatic rings. The summed E-state index contributed by atoms with van der Waals surface area (Å²) in [4.78, 5) is 15.0. The molecule has 3 heteroatoms. The van der Waals surface area contributed by atoms with Crippen LogP contribution in [0.4, 0.5) is 0 Å². The quantitative estimate of drug-likeness (QED) is 0.863. The summed E-state index contributed by atoms with van der Waals surface area (Å²) in [7, 11) is 0. The van der Waals surface area contributed by atoms with Crippen LogP contribution in [0, 0.1) is 17.3 Å². The number of hydrogen-bond acceptors (Lipinski definition) is 2. The first kappa shape index (κ1) is 14.4. The molecule has 0 aromatic heterocycles. The van der Waals surface area contributed by atoms with Gasteiger partial charge < -0.3 is 10.6 Å². The lowest BCUT2D eigenvalue weighted by Crippen LogP contribution is -2.54. The fraction of sp³-hybridized carbons (Fsp3) is 0.941. The van der Waals surface area contributed by atoms with Crippen LogP contribution in [0.2, 0.25) is 0 Å². The number of likely N-dealkylation sites (tertiary alicyclic amines) is 1. The lowest BCUT2D eigenvalue weighted by Gasteiger charge is -2.49. The van der Waals surface area contributed by atoms with Gasteiger partial charge in [0.15, 0.2) is 0 Å². The molecule has 0 radical (unpaired) electrons. The van der Waals surface area contributed by atoms with Crippen molar-refractivity contribution in [3.63, 3.8) is 0 Å². The van der Waals surface area contributed by atoms with Gasteiger partial charge >= 0.3 is 0 Å². The summed E-state index contributed by atoms with van der Waals surface area (Å²) in [6.07, 6.45) is 10.7. The van der Waals surface area contributed by atoms with E-state index in [1.54, 1.807) is 0 Å². The highest BCUT2D eigenvalue weighted by molar-refractivity contribution is 5.77. The third-order valence-corrected chi connectivity index (χ3v) is 6.43. The Morgan fingerprint density at radius 1 is 1.20 bits per heavy atom. The molecule has 2 aliphatic carbocycles. The molecule has 3 fully saturated rings. The normalized spacial score (nSPS) is 36.1. The molecule has 0 bridgehead atoms. The molecule has 1 aliphatic heterocycles. The zero-order chi connectivity index (χ0) is 14.2. The first-order valence-electron chi connectivity index (χ1n) is 8.65. The highest BCUT2D eigenvalue weighted by Crippen LogP contribution is 2.45. The SMILES string of the molecule is CC1CCN(C(=O)CC2(CN)CCC2)C2CCCCC12. The zero-order valence-electron chi connectivity index (χ0n) is 12.9. The van der Waals surface area contributed by atoms with E-state index in [0.717, 1.165) is 31.2 Å². The van der Waals surface area contributed by atoms with Crippen LogP contribution in [0.3, 0.4) is 0 Å². The Balaban J connectivity index is 1.67. The van der Waals surface area contributed by atoms with Gasteiger partial charge in [0.25, 0.3) is 0 Å². The van der Waals surface area contributed by atoms with Gasteiger partial charge in [0.1, 0.15) is 0 Å². The fourth-order valence-electron chi connectivity index (χ4n) is 4.78. The van der Waals surface area contributed by atoms with E-state index < -0.39 is 0 Å². The molecule has 0 aromatic rings. The van der Waals surface area contributed by atoms with E-state index in [4.69, 9.17) is 5.73 Å². The Bertz CT molecular complexity index is 358. The van der Waals surface area contributed by atoms with Gasteiger partial charge in [-0.05, 0) is 55.9 Å². The van der Waals surface area contributed by atoms with Crippen LogP contribution in [-0.2, 0) is 4.79 Å². The Hall–Kier alpha value is -0.570. The monoisotopic (exact) mass is 278 g/mol. The van der Waals surface area contributed by atoms with Crippen LogP contribution in [-0.4, -0.2) is 29.9 Å². The van der Waals surface area contributed by atoms with Gasteiger partial charge in [0.05, 0.1) is 0 Å². The van der Waals surface area contributed by atoms with Crippen molar-refractivity contribution in [2.45, 2.75) is 70.8 Å². The van der Waals surface area contributed by atoms with Gasteiger partial charge in [0.2, 0.25) is 5.91 Å². The Labute approximate surface area is 123 Å². The van der Waals surface area contributed by atoms with E-state index >= 15 is 0 Å². The number of amides is 1. The molecular weight excluding hydrogens is 248 g/mol. The second-order valence-corrected chi connectivity index (χ2v) is 7.60. The van der Waals surface area contributed by atoms with Crippen molar-refractivity contribution in [3.05, 3.63) is 0 Å². The van der Waals surface area contributed by atoms with Gasteiger partial charge in [-0.25, -0.2) is 0 Å². The van der Waals surface area contributed by atoms with E-state index in [0.29, 0.717) is 24.9 Å². The van der Waals surface area contributed by atoms with Crippen molar-refractivity contribution in [3.8, 4) is 0 Å². The maximum absolute atomic E-state index is 12.8. The van der Waals surface area contributed by atoms with Crippen molar-refractivity contribution in [2.75, 3.05) is 13.1 Å². The molecule has 1 heterocycles. The minimum absolute atomic E-state index is 0.157. The number of rotatable bonds is 3. The number of nitrogens with two attached hydrogens (primary N) is 1. The van der Waals surface area contributed by atoms with Crippen LogP contribution in [0.15, 0.2) is 0 Å². The predicted molar refractivity (Wildman–Crippen MR) is 81.2 cm³/mol. The van der Waals surface area contributed by atoms with Crippen molar-refractivity contribution in [1.82, 2.24) is 4.90 Å². The van der Waals surface area contributed by atoms with Gasteiger partial charge in [-0.1, -0.05) is 26.2 Å². The van der Waals surface area contributed by atoms with Gasteiger partial charge in [-0.15, -0.1) is 0 Å². The highest BCUT2D eigenvalue weighted by atomic mass is 16.2. The lowest BCUT2D eigenvalue weighted by atomic mass is 9.66. The van der Waals surface area contributed by atoms with Crippen LogP contribution in [0.1, 0.15) is 64.7 Å². The first-order chi connectivity index (χ1) is 9.65. The molecule has 1 amide bonds. The summed E-state index contributed by atoms with van der Waals surface area (Å²) < 4.78 is 0. The molecule has 3 nitrogen and oxygen atoms in total. The fourth-order valence-corrected chi connectivity index (χ4v) is 4.78. The van der Waals surface area contributed by atoms with E-state index in [1.807, 2.05) is 0 Å². The number of hydrogen-bond donors (Lipinski definition) is 1. The number of carbonyl (C=O) groups is 1. The van der Waals surface area contributed by atoms with Crippen molar-refractivity contribution in [1.29, 1.82) is 0 Å². The topological polar surface area (TPSA) is 46.3 Å². The van der Waals surface area contributed by atoms with E-state index in [1.165, 1.54) is 38.5 Å². The standard InChI is InChI=1S/C17H30N2O/c1-13-7-10-19(15-6-3-2-5-14(13)15)16(20)11-17(12-18)8-4-9-17/h13-15H,2-12,18H2,1H3. The van der Waals surface area contributed by atoms with Crippen LogP contribution in [0.5, 0.6) is 0 Å². The molecule has 3 rings (SSSR count). The summed E-state index contributed by atoms with van der Waals surface area (Å²) >= 11 is 0. The summed E-state index contributed by atoms with van der Waals surface area (Å²) in [5.41, 5.74) is 6.09. The molecule has 20 heavy (non-hydrogen) atoms.